The molecule has 1 atom stereocenters. The van der Waals surface area contributed by atoms with Gasteiger partial charge in [0.15, 0.2) is 0 Å². The number of methoxy groups -OCH3 is 1. The van der Waals surface area contributed by atoms with Crippen molar-refractivity contribution >= 4 is 24.0 Å². The molecule has 1 aromatic carbocycles. The van der Waals surface area contributed by atoms with Gasteiger partial charge in [-0.15, -0.1) is 12.4 Å². The Morgan fingerprint density at radius 2 is 2.28 bits per heavy atom. The lowest BCUT2D eigenvalue weighted by Crippen LogP contribution is -2.38. The van der Waals surface area contributed by atoms with Gasteiger partial charge in [-0.3, -0.25) is 4.79 Å². The molecule has 2 heterocycles. The zero-order valence-corrected chi connectivity index (χ0v) is 16.1. The zero-order valence-electron chi connectivity index (χ0n) is 15.3. The summed E-state index contributed by atoms with van der Waals surface area (Å²) in [6.45, 7) is 4.37. The lowest BCUT2D eigenvalue weighted by Gasteiger charge is -2.31. The van der Waals surface area contributed by atoms with E-state index in [1.807, 2.05) is 4.90 Å². The molecule has 0 bridgehead atoms. The van der Waals surface area contributed by atoms with Crippen molar-refractivity contribution in [1.29, 1.82) is 0 Å². The maximum atomic E-state index is 12.3. The third-order valence-electron chi connectivity index (χ3n) is 5.30. The Hall–Kier alpha value is -1.30. The predicted octanol–water partition coefficient (Wildman–Crippen LogP) is 2.22. The number of carbonyl (C=O) groups is 1. The van der Waals surface area contributed by atoms with Crippen LogP contribution < -0.4 is 10.2 Å². The Labute approximate surface area is 157 Å². The maximum absolute atomic E-state index is 12.3. The number of amides is 1. The molecule has 0 radical (unpaired) electrons. The van der Waals surface area contributed by atoms with Crippen LogP contribution in [0.2, 0.25) is 0 Å². The summed E-state index contributed by atoms with van der Waals surface area (Å²) in [6.07, 6.45) is 3.55. The van der Waals surface area contributed by atoms with Crippen molar-refractivity contribution in [2.24, 2.45) is 0 Å². The van der Waals surface area contributed by atoms with Crippen LogP contribution in [0.25, 0.3) is 0 Å². The van der Waals surface area contributed by atoms with Gasteiger partial charge in [-0.25, -0.2) is 0 Å². The molecule has 0 spiro atoms. The Kier molecular flexibility index (Phi) is 7.54. The van der Waals surface area contributed by atoms with E-state index < -0.39 is 0 Å². The molecule has 6 heteroatoms. The Morgan fingerprint density at radius 1 is 1.44 bits per heavy atom. The van der Waals surface area contributed by atoms with E-state index in [9.17, 15) is 4.79 Å². The van der Waals surface area contributed by atoms with Gasteiger partial charge in [-0.1, -0.05) is 12.1 Å². The van der Waals surface area contributed by atoms with E-state index in [1.165, 1.54) is 16.8 Å². The van der Waals surface area contributed by atoms with Gasteiger partial charge < -0.3 is 19.9 Å². The van der Waals surface area contributed by atoms with Crippen molar-refractivity contribution in [3.63, 3.8) is 0 Å². The molecule has 0 saturated carbocycles. The number of ether oxygens (including phenoxy) is 1. The van der Waals surface area contributed by atoms with Gasteiger partial charge in [0.2, 0.25) is 5.91 Å². The van der Waals surface area contributed by atoms with Crippen LogP contribution in [0.3, 0.4) is 0 Å². The van der Waals surface area contributed by atoms with Gasteiger partial charge in [0, 0.05) is 58.5 Å². The molecular formula is C19H30ClN3O2. The highest BCUT2D eigenvalue weighted by Gasteiger charge is 2.30. The summed E-state index contributed by atoms with van der Waals surface area (Å²) in [5, 5.41) is 3.48. The van der Waals surface area contributed by atoms with Crippen LogP contribution in [0.5, 0.6) is 0 Å². The van der Waals surface area contributed by atoms with Crippen LogP contribution in [0, 0.1) is 0 Å². The summed E-state index contributed by atoms with van der Waals surface area (Å²) in [4.78, 5) is 16.7. The van der Waals surface area contributed by atoms with Crippen molar-refractivity contribution in [2.45, 2.75) is 38.3 Å². The number of carbonyl (C=O) groups excluding carboxylic acids is 1. The van der Waals surface area contributed by atoms with Crippen LogP contribution in [0.15, 0.2) is 18.2 Å². The third kappa shape index (κ3) is 4.66. The highest BCUT2D eigenvalue weighted by molar-refractivity contribution is 5.85. The number of rotatable bonds is 6. The van der Waals surface area contributed by atoms with Crippen molar-refractivity contribution in [1.82, 2.24) is 10.2 Å². The van der Waals surface area contributed by atoms with Crippen LogP contribution in [0.1, 0.15) is 30.4 Å². The standard InChI is InChI=1S/C19H29N3O2.ClH/c1-21(18-6-3-5-15-8-10-20-13-17(15)18)16-9-11-22(14-16)19(23)7-4-12-24-2;/h3,5-6,16,20H,4,7-14H2,1-2H3;1H/t16-;/m0./s1. The Bertz CT molecular complexity index is 582. The molecule has 0 aromatic heterocycles. The fourth-order valence-electron chi connectivity index (χ4n) is 3.83. The summed E-state index contributed by atoms with van der Waals surface area (Å²) in [7, 11) is 3.86. The summed E-state index contributed by atoms with van der Waals surface area (Å²) < 4.78 is 5.04. The molecule has 1 saturated heterocycles. The first kappa shape index (κ1) is 20.0. The molecule has 25 heavy (non-hydrogen) atoms. The van der Waals surface area contributed by atoms with Gasteiger partial charge in [0.25, 0.3) is 0 Å². The molecule has 140 valence electrons. The normalized spacial score (nSPS) is 19.3. The van der Waals surface area contributed by atoms with E-state index in [-0.39, 0.29) is 18.3 Å². The van der Waals surface area contributed by atoms with Gasteiger partial charge in [0.05, 0.1) is 0 Å². The second-order valence-corrected chi connectivity index (χ2v) is 6.83. The molecule has 1 amide bonds. The van der Waals surface area contributed by atoms with Gasteiger partial charge in [-0.05, 0) is 43.0 Å². The monoisotopic (exact) mass is 367 g/mol. The molecular weight excluding hydrogens is 338 g/mol. The van der Waals surface area contributed by atoms with Crippen molar-refractivity contribution in [3.05, 3.63) is 29.3 Å². The van der Waals surface area contributed by atoms with Gasteiger partial charge in [0.1, 0.15) is 0 Å². The number of benzene rings is 1. The second-order valence-electron chi connectivity index (χ2n) is 6.83. The highest BCUT2D eigenvalue weighted by Crippen LogP contribution is 2.29. The van der Waals surface area contributed by atoms with Gasteiger partial charge >= 0.3 is 0 Å². The number of fused-ring (bicyclic) bond motifs is 1. The average molecular weight is 368 g/mol. The summed E-state index contributed by atoms with van der Waals surface area (Å²) >= 11 is 0. The van der Waals surface area contributed by atoms with Gasteiger partial charge in [-0.2, -0.15) is 0 Å². The van der Waals surface area contributed by atoms with Crippen LogP contribution >= 0.6 is 12.4 Å². The topological polar surface area (TPSA) is 44.8 Å². The number of likely N-dealkylation sites (N-methyl/N-ethyl adjacent to an activating group) is 1. The predicted molar refractivity (Wildman–Crippen MR) is 104 cm³/mol. The average Bonchev–Trinajstić information content (AvgIpc) is 3.11. The first-order valence-corrected chi connectivity index (χ1v) is 9.01. The largest absolute Gasteiger partial charge is 0.385 e. The van der Waals surface area contributed by atoms with E-state index in [2.05, 4.69) is 35.5 Å². The SMILES string of the molecule is COCCCC(=O)N1CC[C@H](N(C)c2cccc3c2CNCC3)C1.Cl. The quantitative estimate of drug-likeness (QED) is 0.783. The fourth-order valence-corrected chi connectivity index (χ4v) is 3.83. The number of anilines is 1. The molecule has 2 aliphatic rings. The third-order valence-corrected chi connectivity index (χ3v) is 5.30. The number of nitrogens with zero attached hydrogens (tertiary/aromatic N) is 2. The molecule has 1 aromatic rings. The second kappa shape index (κ2) is 9.41. The fraction of sp³-hybridized carbons (Fsp3) is 0.632. The van der Waals surface area contributed by atoms with Crippen LogP contribution in [0.4, 0.5) is 5.69 Å². The van der Waals surface area contributed by atoms with E-state index in [1.54, 1.807) is 7.11 Å². The van der Waals surface area contributed by atoms with E-state index in [0.717, 1.165) is 45.4 Å². The Balaban J connectivity index is 0.00000225. The number of nitrogens with one attached hydrogen (secondary N) is 1. The number of halogens is 1. The highest BCUT2D eigenvalue weighted by atomic mass is 35.5. The van der Waals surface area contributed by atoms with Crippen molar-refractivity contribution < 1.29 is 9.53 Å². The molecule has 5 nitrogen and oxygen atoms in total. The maximum Gasteiger partial charge on any atom is 0.222 e. The molecule has 1 fully saturated rings. The van der Waals surface area contributed by atoms with E-state index >= 15 is 0 Å². The number of likely N-dealkylation sites (tertiary alicyclic amines) is 1. The molecule has 0 aliphatic carbocycles. The smallest absolute Gasteiger partial charge is 0.222 e. The lowest BCUT2D eigenvalue weighted by atomic mass is 9.98. The molecule has 0 unspecified atom stereocenters. The number of hydrogen-bond donors (Lipinski definition) is 1. The minimum absolute atomic E-state index is 0. The zero-order chi connectivity index (χ0) is 16.9. The molecule has 1 N–H and O–H groups in total. The first-order chi connectivity index (χ1) is 11.7. The summed E-state index contributed by atoms with van der Waals surface area (Å²) in [5.41, 5.74) is 4.21. The summed E-state index contributed by atoms with van der Waals surface area (Å²) in [5.74, 6) is 0.264. The molecule has 2 aliphatic heterocycles. The van der Waals surface area contributed by atoms with Crippen molar-refractivity contribution in [2.75, 3.05) is 45.3 Å². The summed E-state index contributed by atoms with van der Waals surface area (Å²) in [6, 6.07) is 7.03. The molecule has 3 rings (SSSR count). The van der Waals surface area contributed by atoms with Crippen molar-refractivity contribution in [3.8, 4) is 0 Å². The van der Waals surface area contributed by atoms with E-state index in [0.29, 0.717) is 19.1 Å². The van der Waals surface area contributed by atoms with Crippen LogP contribution in [-0.2, 0) is 22.5 Å². The minimum Gasteiger partial charge on any atom is -0.385 e. The Morgan fingerprint density at radius 3 is 3.08 bits per heavy atom. The lowest BCUT2D eigenvalue weighted by molar-refractivity contribution is -0.130. The minimum atomic E-state index is 0. The number of hydrogen-bond acceptors (Lipinski definition) is 4. The first-order valence-electron chi connectivity index (χ1n) is 9.01. The van der Waals surface area contributed by atoms with E-state index in [4.69, 9.17) is 4.74 Å². The van der Waals surface area contributed by atoms with Crippen LogP contribution in [-0.4, -0.2) is 57.2 Å².